The molecule has 46 heavy (non-hydrogen) atoms. The van der Waals surface area contributed by atoms with E-state index in [1.807, 2.05) is 0 Å². The first-order valence-corrected chi connectivity index (χ1v) is 15.9. The maximum atomic E-state index is 10.9. The molecule has 5 rings (SSSR count). The zero-order valence-corrected chi connectivity index (χ0v) is 27.5. The van der Waals surface area contributed by atoms with Gasteiger partial charge in [0, 0.05) is 47.5 Å². The van der Waals surface area contributed by atoms with Crippen LogP contribution in [0, 0.1) is 0 Å². The molecule has 0 unspecified atom stereocenters. The first-order chi connectivity index (χ1) is 21.3. The van der Waals surface area contributed by atoms with E-state index < -0.39 is 13.5 Å². The van der Waals surface area contributed by atoms with Crippen LogP contribution >= 0.6 is 0 Å². The predicted octanol–water partition coefficient (Wildman–Crippen LogP) is 6.50. The minimum atomic E-state index is -3.67. The van der Waals surface area contributed by atoms with Gasteiger partial charge < -0.3 is 14.7 Å². The van der Waals surface area contributed by atoms with E-state index in [1.54, 1.807) is 0 Å². The van der Waals surface area contributed by atoms with Crippen molar-refractivity contribution in [3.63, 3.8) is 0 Å². The quantitative estimate of drug-likeness (QED) is 0.148. The fourth-order valence-electron chi connectivity index (χ4n) is 6.92. The van der Waals surface area contributed by atoms with E-state index in [-0.39, 0.29) is 22.0 Å². The monoisotopic (exact) mass is 636 g/mol. The van der Waals surface area contributed by atoms with Gasteiger partial charge in [0.15, 0.2) is 5.71 Å². The summed E-state index contributed by atoms with van der Waals surface area (Å²) in [5, 5.41) is 9.00. The Morgan fingerprint density at radius 2 is 1.57 bits per heavy atom. The van der Waals surface area contributed by atoms with Gasteiger partial charge in [0.2, 0.25) is 5.69 Å². The molecular weight excluding hydrogens is 591 g/mol. The van der Waals surface area contributed by atoms with Crippen LogP contribution in [0.5, 0.6) is 0 Å². The van der Waals surface area contributed by atoms with Gasteiger partial charge >= 0.3 is 13.5 Å². The number of carbonyl (C=O) groups is 1. The highest BCUT2D eigenvalue weighted by Crippen LogP contribution is 2.48. The minimum absolute atomic E-state index is 0. The number of rotatable bonds is 9. The van der Waals surface area contributed by atoms with E-state index in [4.69, 9.17) is 5.11 Å². The van der Waals surface area contributed by atoms with Crippen molar-refractivity contribution in [3.8, 4) is 0 Å². The molecule has 0 aromatic heterocycles. The van der Waals surface area contributed by atoms with Crippen LogP contribution in [0.3, 0.4) is 0 Å². The number of carboxylic acid groups (broad SMARTS) is 1. The Morgan fingerprint density at radius 1 is 0.913 bits per heavy atom. The Hall–Kier alpha value is -3.88. The van der Waals surface area contributed by atoms with E-state index in [9.17, 15) is 17.7 Å². The third kappa shape index (κ3) is 8.28. The molecule has 1 aliphatic carbocycles. The Morgan fingerprint density at radius 3 is 2.24 bits per heavy atom. The number of anilines is 1. The summed E-state index contributed by atoms with van der Waals surface area (Å²) in [4.78, 5) is 13.4. The summed E-state index contributed by atoms with van der Waals surface area (Å²) >= 11 is 0. The Bertz CT molecular complexity index is 1550. The van der Waals surface area contributed by atoms with Crippen molar-refractivity contribution in [2.45, 2.75) is 83.5 Å². The maximum absolute atomic E-state index is 10.9. The van der Waals surface area contributed by atoms with Crippen LogP contribution in [0.15, 0.2) is 95.8 Å². The lowest BCUT2D eigenvalue weighted by atomic mass is 9.81. The molecule has 0 spiro atoms. The lowest BCUT2D eigenvalue weighted by molar-refractivity contribution is -0.401. The molecule has 0 amide bonds. The number of carboxylic acids is 1. The van der Waals surface area contributed by atoms with Crippen molar-refractivity contribution in [1.82, 2.24) is 0 Å². The normalized spacial score (nSPS) is 19.4. The first-order valence-electron chi connectivity index (χ1n) is 15.9. The number of hydrogen-bond acceptors (Lipinski definition) is 2. The molecule has 2 aliphatic heterocycles. The summed E-state index contributed by atoms with van der Waals surface area (Å²) < 4.78 is 31.3. The fraction of sp³-hybridized carbons (Fsp3) is 0.405. The second-order valence-corrected chi connectivity index (χ2v) is 13.0. The summed E-state index contributed by atoms with van der Waals surface area (Å²) in [6, 6.07) is 17.5. The zero-order chi connectivity index (χ0) is 32.8. The van der Waals surface area contributed by atoms with Crippen LogP contribution in [0.1, 0.15) is 83.8 Å². The number of halogens is 4. The molecular formula is C37H45BF4N2O2. The highest BCUT2D eigenvalue weighted by Gasteiger charge is 2.42. The van der Waals surface area contributed by atoms with Crippen LogP contribution in [-0.2, 0) is 15.6 Å². The minimum Gasteiger partial charge on any atom is -1.00 e. The lowest BCUT2D eigenvalue weighted by Crippen LogP contribution is -3.00. The van der Waals surface area contributed by atoms with Crippen molar-refractivity contribution in [2.75, 3.05) is 18.5 Å². The number of aliphatic carboxylic acids is 1. The number of allylic oxidation sites excluding steroid dienone is 8. The van der Waals surface area contributed by atoms with E-state index in [2.05, 4.69) is 123 Å². The molecule has 1 N–H and O–H groups in total. The van der Waals surface area contributed by atoms with Crippen LogP contribution in [0.2, 0.25) is 0 Å². The third-order valence-corrected chi connectivity index (χ3v) is 9.22. The molecule has 0 fully saturated rings. The topological polar surface area (TPSA) is 43.5 Å². The highest BCUT2D eigenvalue weighted by atomic mass is 19.4. The average Bonchev–Trinajstić information content (AvgIpc) is 3.32. The highest BCUT2D eigenvalue weighted by molar-refractivity contribution is 6.33. The summed E-state index contributed by atoms with van der Waals surface area (Å²) in [7, 11) is -1.49. The lowest BCUT2D eigenvalue weighted by Gasteiger charge is -2.27. The van der Waals surface area contributed by atoms with Gasteiger partial charge in [-0.15, -0.1) is 0 Å². The molecule has 2 heterocycles. The SMILES string of the molecule is C[N+]1=C(C=CC2=CC(=CC=C3N(CCCCCC(=O)O)c4ccccc4C3(C)C)CCC2)C(C)(C)c2ccccc21.FB(F)F.[F-]. The van der Waals surface area contributed by atoms with Gasteiger partial charge in [-0.05, 0) is 74.8 Å². The van der Waals surface area contributed by atoms with Crippen molar-refractivity contribution in [2.24, 2.45) is 0 Å². The fourth-order valence-corrected chi connectivity index (χ4v) is 6.92. The number of fused-ring (bicyclic) bond motifs is 2. The van der Waals surface area contributed by atoms with Gasteiger partial charge in [0.05, 0.1) is 5.41 Å². The molecule has 0 saturated carbocycles. The van der Waals surface area contributed by atoms with Gasteiger partial charge in [-0.3, -0.25) is 17.7 Å². The maximum Gasteiger partial charge on any atom is 0.762 e. The standard InChI is InChI=1S/C37H44N2O2.BF3.FH/c1-36(2)29-16-8-10-18-31(29)38(5)33(36)23-21-27-14-13-15-28(26-27)22-24-34-37(3,4)30-17-9-11-19-32(30)39(34)25-12-6-7-20-35(40)41;2-1(3)4;/h8-11,16-19,21-24,26H,6-7,12-15,20,25H2,1-5H3;;1H. The Labute approximate surface area is 271 Å². The van der Waals surface area contributed by atoms with Crippen LogP contribution in [-0.4, -0.2) is 42.5 Å². The van der Waals surface area contributed by atoms with Crippen LogP contribution in [0.4, 0.5) is 24.3 Å². The molecule has 0 radical (unpaired) electrons. The number of para-hydroxylation sites is 2. The number of unbranched alkanes of at least 4 members (excludes halogenated alkanes) is 2. The summed E-state index contributed by atoms with van der Waals surface area (Å²) in [5.41, 5.74) is 10.7. The number of hydrogen-bond donors (Lipinski definition) is 1. The van der Waals surface area contributed by atoms with Gasteiger partial charge in [0.25, 0.3) is 0 Å². The molecule has 3 aliphatic rings. The number of benzene rings is 2. The molecule has 0 saturated heterocycles. The summed E-state index contributed by atoms with van der Waals surface area (Å²) in [6.45, 7) is 10.2. The van der Waals surface area contributed by atoms with Gasteiger partial charge in [0.1, 0.15) is 7.05 Å². The molecule has 9 heteroatoms. The van der Waals surface area contributed by atoms with Crippen molar-refractivity contribution >= 4 is 30.6 Å². The number of nitrogens with zero attached hydrogens (tertiary/aromatic N) is 2. The first kappa shape index (κ1) is 36.6. The molecule has 0 atom stereocenters. The molecule has 0 bridgehead atoms. The molecule has 2 aromatic rings. The Balaban J connectivity index is 0.00000109. The van der Waals surface area contributed by atoms with E-state index >= 15 is 0 Å². The predicted molar refractivity (Wildman–Crippen MR) is 180 cm³/mol. The van der Waals surface area contributed by atoms with Crippen LogP contribution < -0.4 is 9.60 Å². The largest absolute Gasteiger partial charge is 1.00 e. The van der Waals surface area contributed by atoms with Crippen molar-refractivity contribution < 1.29 is 32.1 Å². The van der Waals surface area contributed by atoms with Gasteiger partial charge in [-0.2, -0.15) is 4.58 Å². The smallest absolute Gasteiger partial charge is 0.762 e. The van der Waals surface area contributed by atoms with Crippen molar-refractivity contribution in [1.29, 1.82) is 0 Å². The van der Waals surface area contributed by atoms with Crippen molar-refractivity contribution in [3.05, 3.63) is 107 Å². The Kier molecular flexibility index (Phi) is 12.4. The summed E-state index contributed by atoms with van der Waals surface area (Å²) in [6.07, 6.45) is 18.0. The molecule has 4 nitrogen and oxygen atoms in total. The van der Waals surface area contributed by atoms with Gasteiger partial charge in [-0.25, -0.2) is 0 Å². The molecule has 2 aromatic carbocycles. The van der Waals surface area contributed by atoms with Crippen LogP contribution in [0.25, 0.3) is 0 Å². The van der Waals surface area contributed by atoms with Gasteiger partial charge in [-0.1, -0.05) is 74.9 Å². The average molecular weight is 637 g/mol. The van der Waals surface area contributed by atoms with E-state index in [0.29, 0.717) is 0 Å². The second kappa shape index (κ2) is 15.6. The molecule has 246 valence electrons. The second-order valence-electron chi connectivity index (χ2n) is 13.0. The zero-order valence-electron chi connectivity index (χ0n) is 27.5. The summed E-state index contributed by atoms with van der Waals surface area (Å²) in [5.74, 6) is -0.706. The van der Waals surface area contributed by atoms with E-state index in [0.717, 1.165) is 45.1 Å². The third-order valence-electron chi connectivity index (χ3n) is 9.22. The van der Waals surface area contributed by atoms with E-state index in [1.165, 1.54) is 45.1 Å².